The van der Waals surface area contributed by atoms with Gasteiger partial charge in [0.25, 0.3) is 0 Å². The summed E-state index contributed by atoms with van der Waals surface area (Å²) in [5.41, 5.74) is 32.9. The second kappa shape index (κ2) is 19.7. The SMILES string of the molecule is Bc1c(B)c(B)c(C[C@H](NC(=O)C(NC(=O)[C@H](Cc2c(C)cc(O)cc2C)NC(=O)[C@H](N)CCCNC(=N)N)C(B)(B)C(B)(B)C(B)(B)C(B)(B)N)C(N)=O)c(B)c1B. The van der Waals surface area contributed by atoms with Gasteiger partial charge in [-0.05, 0) is 55.5 Å². The second-order valence-corrected chi connectivity index (χ2v) is 18.8. The molecule has 0 radical (unpaired) electrons. The molecule has 1 unspecified atom stereocenters. The van der Waals surface area contributed by atoms with Gasteiger partial charge >= 0.3 is 0 Å². The number of phenols is 1. The van der Waals surface area contributed by atoms with Crippen molar-refractivity contribution in [3.8, 4) is 5.75 Å². The normalized spacial score (nSPS) is 14.2. The molecule has 0 aromatic heterocycles. The van der Waals surface area contributed by atoms with E-state index >= 15 is 0 Å². The number of nitrogens with two attached hydrogens (primary N) is 4. The summed E-state index contributed by atoms with van der Waals surface area (Å²) < 4.78 is 0. The lowest BCUT2D eigenvalue weighted by molar-refractivity contribution is -0.134. The Morgan fingerprint density at radius 1 is 0.712 bits per heavy atom. The summed E-state index contributed by atoms with van der Waals surface area (Å²) in [7, 11) is 25.8. The molecule has 0 heterocycles. The summed E-state index contributed by atoms with van der Waals surface area (Å²) in [6, 6.07) is -1.45. The first-order chi connectivity index (χ1) is 26.8. The summed E-state index contributed by atoms with van der Waals surface area (Å²) in [6.07, 6.45) is 0.829. The number of benzene rings is 2. The lowest BCUT2D eigenvalue weighted by Gasteiger charge is -2.61. The van der Waals surface area contributed by atoms with Crippen LogP contribution in [0.3, 0.4) is 0 Å². The molecule has 4 atom stereocenters. The van der Waals surface area contributed by atoms with E-state index in [1.165, 1.54) is 0 Å². The molecular weight excluding hydrogens is 731 g/mol. The number of aromatic hydroxyl groups is 1. The zero-order valence-electron chi connectivity index (χ0n) is 38.4. The average Bonchev–Trinajstić information content (AvgIpc) is 3.11. The largest absolute Gasteiger partial charge is 0.508 e. The number of nitrogens with one attached hydrogen (secondary N) is 5. The third kappa shape index (κ3) is 11.7. The highest BCUT2D eigenvalue weighted by atomic mass is 16.3. The van der Waals surface area contributed by atoms with Crippen LogP contribution in [0.1, 0.15) is 35.1 Å². The molecule has 0 saturated carbocycles. The molecule has 0 spiro atoms. The van der Waals surface area contributed by atoms with Crippen molar-refractivity contribution in [1.82, 2.24) is 21.3 Å². The number of rotatable bonds is 19. The van der Waals surface area contributed by atoms with E-state index in [-0.39, 0.29) is 31.0 Å². The van der Waals surface area contributed by atoms with Crippen molar-refractivity contribution in [3.63, 3.8) is 0 Å². The first-order valence-corrected chi connectivity index (χ1v) is 20.5. The standard InChI is InChI=1S/C32H62B13N9O5/c1-10-6-12(55)7-11(2)13(10)8-17(53-25(57)15(46)4-3-5-51-28(48)49)26(58)54-23(29(38,39)30(40,41)31(42,43)32(44,45)50)27(59)52-16(24(47)56)9-14-18(33)20(35)22(37)21(36)19(14)34/h6-7,15-17,23,55H,3-5,8-9,33-46,50H2,1-2H3,(H2,47,56)(H,52,59)(H,53,57)(H,54,58)(H4,48,49,51)/t15-,16+,17+,23?/m1/s1. The molecule has 0 saturated heterocycles. The highest BCUT2D eigenvalue weighted by Crippen LogP contribution is 2.60. The zero-order chi connectivity index (χ0) is 45.7. The maximum Gasteiger partial charge on any atom is 0.243 e. The number of hydrogen-bond donors (Lipinski definition) is 10. The first-order valence-electron chi connectivity index (χ1n) is 20.5. The van der Waals surface area contributed by atoms with E-state index in [0.29, 0.717) is 24.1 Å². The Hall–Kier alpha value is -3.85. The van der Waals surface area contributed by atoms with Crippen LogP contribution in [0.4, 0.5) is 0 Å². The minimum atomic E-state index is -1.27. The lowest BCUT2D eigenvalue weighted by atomic mass is 9.11. The topological polar surface area (TPSA) is 265 Å². The van der Waals surface area contributed by atoms with Crippen molar-refractivity contribution in [2.24, 2.45) is 22.9 Å². The molecule has 0 fully saturated rings. The summed E-state index contributed by atoms with van der Waals surface area (Å²) in [4.78, 5) is 56.6. The van der Waals surface area contributed by atoms with Crippen LogP contribution in [0.5, 0.6) is 5.75 Å². The fraction of sp³-hybridized carbons (Fsp3) is 0.469. The van der Waals surface area contributed by atoms with Crippen LogP contribution in [-0.2, 0) is 32.0 Å². The van der Waals surface area contributed by atoms with Crippen LogP contribution in [0.2, 0.25) is 15.6 Å². The summed E-state index contributed by atoms with van der Waals surface area (Å²) in [5.74, 6) is -2.73. The molecule has 0 aliphatic heterocycles. The van der Waals surface area contributed by atoms with E-state index in [9.17, 15) is 24.3 Å². The zero-order valence-corrected chi connectivity index (χ0v) is 38.4. The van der Waals surface area contributed by atoms with Gasteiger partial charge in [0.15, 0.2) is 5.96 Å². The molecule has 2 aromatic rings. The van der Waals surface area contributed by atoms with Gasteiger partial charge in [0, 0.05) is 19.4 Å². The Morgan fingerprint density at radius 2 is 1.17 bits per heavy atom. The van der Waals surface area contributed by atoms with Crippen molar-refractivity contribution >= 4 is 159 Å². The van der Waals surface area contributed by atoms with Crippen molar-refractivity contribution in [2.75, 3.05) is 6.54 Å². The van der Waals surface area contributed by atoms with Gasteiger partial charge in [-0.15, -0.1) is 16.4 Å². The van der Waals surface area contributed by atoms with E-state index in [1.54, 1.807) is 26.0 Å². The number of carbonyl (C=O) groups is 4. The van der Waals surface area contributed by atoms with E-state index in [2.05, 4.69) is 29.1 Å². The molecular formula is C32H62B13N9O5. The van der Waals surface area contributed by atoms with Crippen LogP contribution in [0.15, 0.2) is 12.1 Å². The van der Waals surface area contributed by atoms with E-state index < -0.39 is 68.8 Å². The van der Waals surface area contributed by atoms with Gasteiger partial charge in [-0.1, -0.05) is 37.5 Å². The monoisotopic (exact) mass is 796 g/mol. The molecule has 0 aliphatic carbocycles. The Labute approximate surface area is 362 Å². The fourth-order valence-corrected chi connectivity index (χ4v) is 8.01. The number of phenolic OH excluding ortho intramolecular Hbond substituents is 1. The van der Waals surface area contributed by atoms with E-state index in [4.69, 9.17) is 28.3 Å². The Bertz CT molecular complexity index is 1900. The van der Waals surface area contributed by atoms with Gasteiger partial charge in [-0.3, -0.25) is 24.6 Å². The molecule has 2 rings (SSSR count). The summed E-state index contributed by atoms with van der Waals surface area (Å²) in [6.45, 7) is 3.93. The smallest absolute Gasteiger partial charge is 0.243 e. The molecule has 0 aliphatic rings. The Kier molecular flexibility index (Phi) is 17.1. The predicted molar refractivity (Wildman–Crippen MR) is 278 cm³/mol. The van der Waals surface area contributed by atoms with E-state index in [0.717, 1.165) is 38.4 Å². The predicted octanol–water partition coefficient (Wildman–Crippen LogP) is -17.4. The minimum absolute atomic E-state index is 0.0161. The van der Waals surface area contributed by atoms with Crippen molar-refractivity contribution in [1.29, 1.82) is 5.41 Å². The molecule has 14 nitrogen and oxygen atoms in total. The number of guanidine groups is 1. The van der Waals surface area contributed by atoms with Crippen molar-refractivity contribution in [3.05, 3.63) is 34.4 Å². The number of primary amides is 1. The number of carbonyl (C=O) groups excluding carboxylic acids is 4. The maximum absolute atomic E-state index is 14.9. The molecule has 14 N–H and O–H groups in total. The minimum Gasteiger partial charge on any atom is -0.508 e. The van der Waals surface area contributed by atoms with Crippen LogP contribution >= 0.6 is 0 Å². The molecule has 59 heavy (non-hydrogen) atoms. The molecule has 4 amide bonds. The fourth-order valence-electron chi connectivity index (χ4n) is 8.01. The molecule has 27 heteroatoms. The molecule has 0 bridgehead atoms. The van der Waals surface area contributed by atoms with Crippen LogP contribution < -0.4 is 71.5 Å². The lowest BCUT2D eigenvalue weighted by Crippen LogP contribution is -2.68. The van der Waals surface area contributed by atoms with Gasteiger partial charge in [-0.2, -0.15) is 0 Å². The van der Waals surface area contributed by atoms with Crippen LogP contribution in [-0.4, -0.2) is 173 Å². The van der Waals surface area contributed by atoms with Gasteiger partial charge < -0.3 is 49.3 Å². The van der Waals surface area contributed by atoms with Gasteiger partial charge in [0.2, 0.25) is 23.6 Å². The van der Waals surface area contributed by atoms with Crippen LogP contribution in [0, 0.1) is 19.3 Å². The first kappa shape index (κ1) is 51.3. The van der Waals surface area contributed by atoms with Crippen molar-refractivity contribution < 1.29 is 24.3 Å². The number of aryl methyl sites for hydroxylation is 2. The average molecular weight is 793 g/mol. The van der Waals surface area contributed by atoms with Gasteiger partial charge in [0.05, 0.1) is 43.5 Å². The number of hydrogen-bond acceptors (Lipinski definition) is 8. The summed E-state index contributed by atoms with van der Waals surface area (Å²) >= 11 is 0. The Morgan fingerprint density at radius 3 is 1.63 bits per heavy atom. The maximum atomic E-state index is 14.9. The van der Waals surface area contributed by atoms with Gasteiger partial charge in [-0.25, -0.2) is 0 Å². The number of amides is 4. The van der Waals surface area contributed by atoms with Gasteiger partial charge in [0.1, 0.15) is 88.4 Å². The third-order valence-electron chi connectivity index (χ3n) is 14.3. The quantitative estimate of drug-likeness (QED) is 0.0280. The highest BCUT2D eigenvalue weighted by molar-refractivity contribution is 6.68. The second-order valence-electron chi connectivity index (χ2n) is 18.8. The van der Waals surface area contributed by atoms with E-state index in [1.807, 2.05) is 94.2 Å². The Balaban J connectivity index is 2.74. The molecule has 304 valence electrons. The van der Waals surface area contributed by atoms with Crippen LogP contribution in [0.25, 0.3) is 0 Å². The third-order valence-corrected chi connectivity index (χ3v) is 14.3. The summed E-state index contributed by atoms with van der Waals surface area (Å²) in [5, 5.41) is 25.9. The van der Waals surface area contributed by atoms with Crippen molar-refractivity contribution in [2.45, 2.75) is 84.7 Å². The highest BCUT2D eigenvalue weighted by Gasteiger charge is 2.56. The molecule has 2 aromatic carbocycles.